The maximum atomic E-state index is 5.79. The number of hydrogen-bond acceptors (Lipinski definition) is 3. The highest BCUT2D eigenvalue weighted by molar-refractivity contribution is 5.79. The third kappa shape index (κ3) is 6.64. The van der Waals surface area contributed by atoms with Gasteiger partial charge in [0, 0.05) is 19.3 Å². The van der Waals surface area contributed by atoms with Crippen LogP contribution in [0.4, 0.5) is 0 Å². The Hall–Kier alpha value is -3.34. The number of hydrogen-bond donors (Lipinski definition) is 2. The van der Waals surface area contributed by atoms with Crippen molar-refractivity contribution in [1.82, 2.24) is 15.6 Å². The first-order chi connectivity index (χ1) is 14.2. The molecule has 0 saturated carbocycles. The molecule has 0 amide bonds. The zero-order valence-corrected chi connectivity index (χ0v) is 17.1. The van der Waals surface area contributed by atoms with Crippen molar-refractivity contribution >= 4 is 5.96 Å². The average molecular weight is 389 g/mol. The van der Waals surface area contributed by atoms with Gasteiger partial charge in [-0.15, -0.1) is 0 Å². The Bertz CT molecular complexity index is 908. The van der Waals surface area contributed by atoms with Crippen molar-refractivity contribution in [2.24, 2.45) is 4.99 Å². The molecule has 1 aromatic heterocycles. The lowest BCUT2D eigenvalue weighted by molar-refractivity contribution is 0.301. The number of benzene rings is 2. The topological polar surface area (TPSA) is 58.5 Å². The average Bonchev–Trinajstić information content (AvgIpc) is 2.76. The molecule has 0 spiro atoms. The lowest BCUT2D eigenvalue weighted by atomic mass is 10.1. The van der Waals surface area contributed by atoms with Gasteiger partial charge in [-0.3, -0.25) is 4.98 Å². The van der Waals surface area contributed by atoms with Crippen molar-refractivity contribution in [1.29, 1.82) is 0 Å². The Morgan fingerprint density at radius 1 is 0.966 bits per heavy atom. The van der Waals surface area contributed by atoms with Crippen LogP contribution in [0.2, 0.25) is 0 Å². The van der Waals surface area contributed by atoms with E-state index in [9.17, 15) is 0 Å². The highest BCUT2D eigenvalue weighted by atomic mass is 16.5. The zero-order valence-electron chi connectivity index (χ0n) is 17.1. The maximum absolute atomic E-state index is 5.79. The molecular formula is C24H28N4O. The second-order valence-corrected chi connectivity index (χ2v) is 6.73. The Kier molecular flexibility index (Phi) is 7.63. The van der Waals surface area contributed by atoms with Crippen LogP contribution in [0.25, 0.3) is 0 Å². The summed E-state index contributed by atoms with van der Waals surface area (Å²) in [6.07, 6.45) is 1.77. The van der Waals surface area contributed by atoms with Crippen molar-refractivity contribution in [2.75, 3.05) is 6.54 Å². The molecule has 1 heterocycles. The van der Waals surface area contributed by atoms with E-state index in [2.05, 4.69) is 53.7 Å². The predicted octanol–water partition coefficient (Wildman–Crippen LogP) is 4.22. The van der Waals surface area contributed by atoms with Gasteiger partial charge in [-0.1, -0.05) is 42.5 Å². The highest BCUT2D eigenvalue weighted by Gasteiger charge is 2.02. The number of aromatic nitrogens is 1. The standard InChI is InChI=1S/C24H28N4O/c1-3-25-24(28-17-21-9-5-4-8-19(21)2)27-16-20-11-13-23(14-12-20)29-18-22-10-6-7-15-26-22/h4-15H,3,16-18H2,1-2H3,(H2,25,27,28). The van der Waals surface area contributed by atoms with Gasteiger partial charge in [-0.2, -0.15) is 0 Å². The lowest BCUT2D eigenvalue weighted by Gasteiger charge is -2.13. The molecule has 2 aromatic carbocycles. The molecule has 5 nitrogen and oxygen atoms in total. The van der Waals surface area contributed by atoms with Gasteiger partial charge in [-0.25, -0.2) is 4.99 Å². The summed E-state index contributed by atoms with van der Waals surface area (Å²) in [6.45, 7) is 6.82. The zero-order chi connectivity index (χ0) is 20.3. The molecule has 0 atom stereocenters. The van der Waals surface area contributed by atoms with Crippen LogP contribution in [0.5, 0.6) is 5.75 Å². The number of ether oxygens (including phenoxy) is 1. The summed E-state index contributed by atoms with van der Waals surface area (Å²) in [6, 6.07) is 22.2. The summed E-state index contributed by atoms with van der Waals surface area (Å²) in [7, 11) is 0. The third-order valence-corrected chi connectivity index (χ3v) is 4.51. The van der Waals surface area contributed by atoms with Crippen LogP contribution in [0.3, 0.4) is 0 Å². The van der Waals surface area contributed by atoms with Crippen molar-refractivity contribution in [3.05, 3.63) is 95.3 Å². The molecule has 0 radical (unpaired) electrons. The van der Waals surface area contributed by atoms with Crippen LogP contribution in [0.15, 0.2) is 77.9 Å². The molecular weight excluding hydrogens is 360 g/mol. The Morgan fingerprint density at radius 2 is 1.76 bits per heavy atom. The first-order valence-electron chi connectivity index (χ1n) is 9.93. The van der Waals surface area contributed by atoms with Gasteiger partial charge in [0.2, 0.25) is 0 Å². The lowest BCUT2D eigenvalue weighted by Crippen LogP contribution is -2.36. The Morgan fingerprint density at radius 3 is 2.48 bits per heavy atom. The monoisotopic (exact) mass is 388 g/mol. The van der Waals surface area contributed by atoms with Crippen LogP contribution >= 0.6 is 0 Å². The number of nitrogens with zero attached hydrogens (tertiary/aromatic N) is 2. The number of aryl methyl sites for hydroxylation is 1. The Labute approximate surface area is 172 Å². The van der Waals surface area contributed by atoms with E-state index in [1.807, 2.05) is 42.5 Å². The summed E-state index contributed by atoms with van der Waals surface area (Å²) < 4.78 is 5.79. The normalized spacial score (nSPS) is 11.2. The molecule has 2 N–H and O–H groups in total. The van der Waals surface area contributed by atoms with Gasteiger partial charge in [-0.05, 0) is 54.8 Å². The molecule has 0 aliphatic carbocycles. The fourth-order valence-corrected chi connectivity index (χ4v) is 2.83. The third-order valence-electron chi connectivity index (χ3n) is 4.51. The van der Waals surface area contributed by atoms with Crippen LogP contribution in [0, 0.1) is 6.92 Å². The maximum Gasteiger partial charge on any atom is 0.191 e. The first kappa shape index (κ1) is 20.4. The van der Waals surface area contributed by atoms with Crippen molar-refractivity contribution in [3.8, 4) is 5.75 Å². The van der Waals surface area contributed by atoms with E-state index in [4.69, 9.17) is 9.73 Å². The molecule has 3 aromatic rings. The molecule has 0 saturated heterocycles. The van der Waals surface area contributed by atoms with Crippen molar-refractivity contribution in [2.45, 2.75) is 33.5 Å². The van der Waals surface area contributed by atoms with Gasteiger partial charge >= 0.3 is 0 Å². The fourth-order valence-electron chi connectivity index (χ4n) is 2.83. The van der Waals surface area contributed by atoms with Crippen LogP contribution in [-0.2, 0) is 19.7 Å². The first-order valence-corrected chi connectivity index (χ1v) is 9.93. The van der Waals surface area contributed by atoms with E-state index in [0.717, 1.165) is 36.1 Å². The van der Waals surface area contributed by atoms with Gasteiger partial charge < -0.3 is 15.4 Å². The smallest absolute Gasteiger partial charge is 0.191 e. The van der Waals surface area contributed by atoms with Gasteiger partial charge in [0.05, 0.1) is 12.2 Å². The van der Waals surface area contributed by atoms with E-state index in [1.165, 1.54) is 11.1 Å². The van der Waals surface area contributed by atoms with E-state index >= 15 is 0 Å². The van der Waals surface area contributed by atoms with E-state index < -0.39 is 0 Å². The second kappa shape index (κ2) is 10.9. The van der Waals surface area contributed by atoms with Gasteiger partial charge in [0.25, 0.3) is 0 Å². The van der Waals surface area contributed by atoms with Crippen LogP contribution < -0.4 is 15.4 Å². The fraction of sp³-hybridized carbons (Fsp3) is 0.250. The van der Waals surface area contributed by atoms with Crippen molar-refractivity contribution < 1.29 is 4.74 Å². The minimum atomic E-state index is 0.464. The van der Waals surface area contributed by atoms with Crippen LogP contribution in [-0.4, -0.2) is 17.5 Å². The summed E-state index contributed by atoms with van der Waals surface area (Å²) in [5.41, 5.74) is 4.59. The number of rotatable bonds is 8. The molecule has 0 bridgehead atoms. The summed E-state index contributed by atoms with van der Waals surface area (Å²) in [4.78, 5) is 8.96. The summed E-state index contributed by atoms with van der Waals surface area (Å²) in [5.74, 6) is 1.64. The SMILES string of the molecule is CCNC(=NCc1ccc(OCc2ccccn2)cc1)NCc1ccccc1C. The van der Waals surface area contributed by atoms with Gasteiger partial charge in [0.1, 0.15) is 12.4 Å². The molecule has 0 aliphatic heterocycles. The molecule has 5 heteroatoms. The molecule has 29 heavy (non-hydrogen) atoms. The Balaban J connectivity index is 1.54. The predicted molar refractivity (Wildman–Crippen MR) is 118 cm³/mol. The highest BCUT2D eigenvalue weighted by Crippen LogP contribution is 2.14. The molecule has 3 rings (SSSR count). The largest absolute Gasteiger partial charge is 0.487 e. The minimum absolute atomic E-state index is 0.464. The number of guanidine groups is 1. The molecule has 150 valence electrons. The minimum Gasteiger partial charge on any atom is -0.487 e. The van der Waals surface area contributed by atoms with Crippen molar-refractivity contribution in [3.63, 3.8) is 0 Å². The van der Waals surface area contributed by atoms with Crippen LogP contribution in [0.1, 0.15) is 29.3 Å². The second-order valence-electron chi connectivity index (χ2n) is 6.73. The molecule has 0 unspecified atom stereocenters. The number of nitrogens with one attached hydrogen (secondary N) is 2. The molecule has 0 aliphatic rings. The quantitative estimate of drug-likeness (QED) is 0.448. The van der Waals surface area contributed by atoms with E-state index in [-0.39, 0.29) is 0 Å². The van der Waals surface area contributed by atoms with E-state index in [1.54, 1.807) is 6.20 Å². The summed E-state index contributed by atoms with van der Waals surface area (Å²) >= 11 is 0. The summed E-state index contributed by atoms with van der Waals surface area (Å²) in [5, 5.41) is 6.70. The number of aliphatic imine (C=N–C) groups is 1. The van der Waals surface area contributed by atoms with E-state index in [0.29, 0.717) is 13.2 Å². The molecule has 0 fully saturated rings. The number of pyridine rings is 1. The van der Waals surface area contributed by atoms with Gasteiger partial charge in [0.15, 0.2) is 5.96 Å².